The van der Waals surface area contributed by atoms with Crippen LogP contribution in [0.1, 0.15) is 35.3 Å². The first-order valence-corrected chi connectivity index (χ1v) is 10.2. The average Bonchev–Trinajstić information content (AvgIpc) is 2.74. The van der Waals surface area contributed by atoms with E-state index in [1.165, 1.54) is 5.56 Å². The molecule has 1 aliphatic rings. The highest BCUT2D eigenvalue weighted by Crippen LogP contribution is 2.15. The smallest absolute Gasteiger partial charge is 0.255 e. The molecule has 1 N–H and O–H groups in total. The molecular weight excluding hydrogens is 350 g/mol. The summed E-state index contributed by atoms with van der Waals surface area (Å²) in [5.41, 5.74) is 3.93. The van der Waals surface area contributed by atoms with E-state index in [9.17, 15) is 4.79 Å². The summed E-state index contributed by atoms with van der Waals surface area (Å²) in [7, 11) is 0. The highest BCUT2D eigenvalue weighted by molar-refractivity contribution is 6.04. The van der Waals surface area contributed by atoms with E-state index >= 15 is 0 Å². The first-order valence-electron chi connectivity index (χ1n) is 10.2. The Morgan fingerprint density at radius 2 is 1.75 bits per heavy atom. The highest BCUT2D eigenvalue weighted by Gasteiger charge is 2.12. The molecule has 3 rings (SSSR count). The second-order valence-corrected chi connectivity index (χ2v) is 7.20. The van der Waals surface area contributed by atoms with Crippen LogP contribution in [-0.2, 0) is 17.8 Å². The lowest BCUT2D eigenvalue weighted by molar-refractivity contribution is 0.0342. The van der Waals surface area contributed by atoms with Gasteiger partial charge in [0.15, 0.2) is 0 Å². The van der Waals surface area contributed by atoms with E-state index in [1.54, 1.807) is 0 Å². The molecule has 1 fully saturated rings. The molecule has 0 atom stereocenters. The largest absolute Gasteiger partial charge is 0.379 e. The van der Waals surface area contributed by atoms with Gasteiger partial charge in [-0.1, -0.05) is 38.1 Å². The van der Waals surface area contributed by atoms with Gasteiger partial charge in [0.2, 0.25) is 0 Å². The van der Waals surface area contributed by atoms with Crippen molar-refractivity contribution in [3.05, 3.63) is 65.2 Å². The Hall–Kier alpha value is -2.21. The molecule has 0 saturated carbocycles. The first kappa shape index (κ1) is 20.5. The molecule has 2 aromatic rings. The zero-order valence-corrected chi connectivity index (χ0v) is 17.0. The van der Waals surface area contributed by atoms with Crippen LogP contribution < -0.4 is 5.32 Å². The van der Waals surface area contributed by atoms with Crippen LogP contribution in [0.4, 0.5) is 5.69 Å². The topological polar surface area (TPSA) is 44.8 Å². The van der Waals surface area contributed by atoms with Crippen LogP contribution >= 0.6 is 0 Å². The van der Waals surface area contributed by atoms with E-state index < -0.39 is 0 Å². The third-order valence-corrected chi connectivity index (χ3v) is 5.21. The number of hydrogen-bond acceptors (Lipinski definition) is 4. The van der Waals surface area contributed by atoms with Gasteiger partial charge in [-0.25, -0.2) is 0 Å². The second kappa shape index (κ2) is 10.4. The van der Waals surface area contributed by atoms with Crippen molar-refractivity contribution in [2.24, 2.45) is 0 Å². The van der Waals surface area contributed by atoms with Gasteiger partial charge in [0.25, 0.3) is 5.91 Å². The molecule has 0 spiro atoms. The zero-order chi connectivity index (χ0) is 19.8. The number of anilines is 1. The third-order valence-electron chi connectivity index (χ3n) is 5.21. The number of rotatable bonds is 8. The van der Waals surface area contributed by atoms with Crippen LogP contribution in [0.3, 0.4) is 0 Å². The summed E-state index contributed by atoms with van der Waals surface area (Å²) in [5.74, 6) is -0.0691. The molecule has 28 heavy (non-hydrogen) atoms. The van der Waals surface area contributed by atoms with Crippen molar-refractivity contribution >= 4 is 11.6 Å². The molecular formula is C23H31N3O2. The summed E-state index contributed by atoms with van der Waals surface area (Å²) in [6.07, 6.45) is 0. The summed E-state index contributed by atoms with van der Waals surface area (Å²) in [6.45, 7) is 11.7. The summed E-state index contributed by atoms with van der Waals surface area (Å²) >= 11 is 0. The Bertz CT molecular complexity index is 751. The fraction of sp³-hybridized carbons (Fsp3) is 0.435. The summed E-state index contributed by atoms with van der Waals surface area (Å²) < 4.78 is 5.40. The number of amides is 1. The molecule has 0 bridgehead atoms. The van der Waals surface area contributed by atoms with E-state index in [-0.39, 0.29) is 5.91 Å². The molecule has 1 saturated heterocycles. The van der Waals surface area contributed by atoms with Gasteiger partial charge in [-0.3, -0.25) is 14.6 Å². The molecule has 0 aliphatic carbocycles. The maximum absolute atomic E-state index is 12.7. The minimum absolute atomic E-state index is 0.0691. The summed E-state index contributed by atoms with van der Waals surface area (Å²) in [5, 5.41) is 3.01. The van der Waals surface area contributed by atoms with Crippen LogP contribution in [0.15, 0.2) is 48.5 Å². The molecule has 150 valence electrons. The van der Waals surface area contributed by atoms with Crippen molar-refractivity contribution in [3.63, 3.8) is 0 Å². The second-order valence-electron chi connectivity index (χ2n) is 7.20. The van der Waals surface area contributed by atoms with Crippen LogP contribution in [0.5, 0.6) is 0 Å². The van der Waals surface area contributed by atoms with E-state index in [0.717, 1.165) is 63.7 Å². The number of carbonyl (C=O) groups excluding carboxylic acids is 1. The van der Waals surface area contributed by atoms with Gasteiger partial charge in [-0.2, -0.15) is 0 Å². The maximum Gasteiger partial charge on any atom is 0.255 e. The summed E-state index contributed by atoms with van der Waals surface area (Å²) in [6, 6.07) is 16.0. The molecule has 1 heterocycles. The normalized spacial score (nSPS) is 15.0. The Kier molecular flexibility index (Phi) is 7.60. The molecule has 1 aliphatic heterocycles. The van der Waals surface area contributed by atoms with Gasteiger partial charge in [-0.05, 0) is 48.5 Å². The molecule has 5 heteroatoms. The molecule has 0 radical (unpaired) electrons. The number of hydrogen-bond donors (Lipinski definition) is 1. The van der Waals surface area contributed by atoms with Gasteiger partial charge >= 0.3 is 0 Å². The number of morpholine rings is 1. The Labute approximate surface area is 168 Å². The van der Waals surface area contributed by atoms with Crippen molar-refractivity contribution in [1.29, 1.82) is 0 Å². The predicted molar refractivity (Wildman–Crippen MR) is 114 cm³/mol. The van der Waals surface area contributed by atoms with E-state index in [0.29, 0.717) is 5.56 Å². The van der Waals surface area contributed by atoms with Gasteiger partial charge in [-0.15, -0.1) is 0 Å². The third kappa shape index (κ3) is 5.89. The Morgan fingerprint density at radius 1 is 1.04 bits per heavy atom. The number of benzene rings is 2. The van der Waals surface area contributed by atoms with Crippen molar-refractivity contribution < 1.29 is 9.53 Å². The molecule has 1 amide bonds. The minimum atomic E-state index is -0.0691. The SMILES string of the molecule is CCN(CC)Cc1ccc(NC(=O)c2cccc(CN3CCOCC3)c2)cc1. The van der Waals surface area contributed by atoms with Crippen LogP contribution in [0.25, 0.3) is 0 Å². The van der Waals surface area contributed by atoms with Gasteiger partial charge in [0.1, 0.15) is 0 Å². The lowest BCUT2D eigenvalue weighted by Crippen LogP contribution is -2.35. The number of nitrogens with one attached hydrogen (secondary N) is 1. The monoisotopic (exact) mass is 381 g/mol. The molecule has 0 aromatic heterocycles. The van der Waals surface area contributed by atoms with Crippen molar-refractivity contribution in [2.45, 2.75) is 26.9 Å². The fourth-order valence-corrected chi connectivity index (χ4v) is 3.43. The van der Waals surface area contributed by atoms with Crippen molar-refractivity contribution in [3.8, 4) is 0 Å². The number of ether oxygens (including phenoxy) is 1. The van der Waals surface area contributed by atoms with E-state index in [1.807, 2.05) is 30.3 Å². The summed E-state index contributed by atoms with van der Waals surface area (Å²) in [4.78, 5) is 17.4. The van der Waals surface area contributed by atoms with Gasteiger partial charge in [0, 0.05) is 37.4 Å². The van der Waals surface area contributed by atoms with Gasteiger partial charge < -0.3 is 10.1 Å². The zero-order valence-electron chi connectivity index (χ0n) is 17.0. The Balaban J connectivity index is 1.59. The molecule has 0 unspecified atom stereocenters. The quantitative estimate of drug-likeness (QED) is 0.759. The van der Waals surface area contributed by atoms with Gasteiger partial charge in [0.05, 0.1) is 13.2 Å². The standard InChI is InChI=1S/C23H31N3O2/c1-3-25(4-2)17-19-8-10-22(11-9-19)24-23(27)21-7-5-6-20(16-21)18-26-12-14-28-15-13-26/h5-11,16H,3-4,12-15,17-18H2,1-2H3,(H,24,27). The first-order chi connectivity index (χ1) is 13.7. The number of carbonyl (C=O) groups is 1. The lowest BCUT2D eigenvalue weighted by Gasteiger charge is -2.26. The molecule has 5 nitrogen and oxygen atoms in total. The van der Waals surface area contributed by atoms with Crippen LogP contribution in [0, 0.1) is 0 Å². The fourth-order valence-electron chi connectivity index (χ4n) is 3.43. The Morgan fingerprint density at radius 3 is 2.43 bits per heavy atom. The van der Waals surface area contributed by atoms with E-state index in [4.69, 9.17) is 4.74 Å². The number of nitrogens with zero attached hydrogens (tertiary/aromatic N) is 2. The lowest BCUT2D eigenvalue weighted by atomic mass is 10.1. The van der Waals surface area contributed by atoms with Crippen molar-refractivity contribution in [2.75, 3.05) is 44.7 Å². The van der Waals surface area contributed by atoms with E-state index in [2.05, 4.69) is 47.2 Å². The average molecular weight is 382 g/mol. The van der Waals surface area contributed by atoms with Crippen molar-refractivity contribution in [1.82, 2.24) is 9.80 Å². The minimum Gasteiger partial charge on any atom is -0.379 e. The van der Waals surface area contributed by atoms with Crippen LogP contribution in [-0.4, -0.2) is 55.1 Å². The van der Waals surface area contributed by atoms with Crippen LogP contribution in [0.2, 0.25) is 0 Å². The maximum atomic E-state index is 12.7. The molecule has 2 aromatic carbocycles. The predicted octanol–water partition coefficient (Wildman–Crippen LogP) is 3.61. The highest BCUT2D eigenvalue weighted by atomic mass is 16.5.